The fourth-order valence-electron chi connectivity index (χ4n) is 1.76. The molecule has 1 unspecified atom stereocenters. The maximum Gasteiger partial charge on any atom is 0.392 e. The van der Waals surface area contributed by atoms with Gasteiger partial charge in [0.15, 0.2) is 5.13 Å². The zero-order chi connectivity index (χ0) is 11.1. The van der Waals surface area contributed by atoms with E-state index in [-0.39, 0.29) is 12.8 Å². The Bertz CT molecular complexity index is 359. The van der Waals surface area contributed by atoms with Crippen molar-refractivity contribution in [3.63, 3.8) is 0 Å². The molecule has 15 heavy (non-hydrogen) atoms. The molecule has 0 aromatic carbocycles. The summed E-state index contributed by atoms with van der Waals surface area (Å²) in [6.07, 6.45) is -3.36. The molecule has 1 N–H and O–H groups in total. The largest absolute Gasteiger partial charge is 0.392 e. The van der Waals surface area contributed by atoms with Crippen LogP contribution in [0.15, 0.2) is 0 Å². The number of hydrogen-bond acceptors (Lipinski definition) is 3. The summed E-state index contributed by atoms with van der Waals surface area (Å²) < 4.78 is 37.5. The smallest absolute Gasteiger partial charge is 0.365 e. The van der Waals surface area contributed by atoms with Crippen LogP contribution in [0.1, 0.15) is 17.0 Å². The molecule has 1 atom stereocenters. The van der Waals surface area contributed by atoms with E-state index in [1.54, 1.807) is 7.05 Å². The molecule has 0 bridgehead atoms. The molecule has 1 aromatic rings. The van der Waals surface area contributed by atoms with E-state index >= 15 is 0 Å². The minimum absolute atomic E-state index is 0.0954. The van der Waals surface area contributed by atoms with E-state index in [0.29, 0.717) is 11.6 Å². The predicted octanol–water partition coefficient (Wildman–Crippen LogP) is 2.85. The van der Waals surface area contributed by atoms with Crippen molar-refractivity contribution in [3.05, 3.63) is 10.6 Å². The van der Waals surface area contributed by atoms with Gasteiger partial charge in [-0.25, -0.2) is 4.98 Å². The normalized spacial score (nSPS) is 21.2. The maximum absolute atomic E-state index is 12.5. The molecule has 0 amide bonds. The first-order valence-electron chi connectivity index (χ1n) is 4.73. The number of halogens is 3. The summed E-state index contributed by atoms with van der Waals surface area (Å²) in [4.78, 5) is 5.01. The molecule has 0 spiro atoms. The highest BCUT2D eigenvalue weighted by Gasteiger charge is 2.41. The van der Waals surface area contributed by atoms with Crippen LogP contribution >= 0.6 is 11.3 Å². The van der Waals surface area contributed by atoms with E-state index < -0.39 is 12.1 Å². The Morgan fingerprint density at radius 3 is 2.80 bits per heavy atom. The SMILES string of the molecule is CNc1nc2c(s1)CC(C(F)(F)F)CC2. The third-order valence-electron chi connectivity index (χ3n) is 2.62. The van der Waals surface area contributed by atoms with Gasteiger partial charge < -0.3 is 5.32 Å². The third-order valence-corrected chi connectivity index (χ3v) is 3.75. The van der Waals surface area contributed by atoms with Crippen LogP contribution in [0.5, 0.6) is 0 Å². The second-order valence-corrected chi connectivity index (χ2v) is 4.70. The summed E-state index contributed by atoms with van der Waals surface area (Å²) in [5, 5.41) is 3.57. The Labute approximate surface area is 89.5 Å². The minimum Gasteiger partial charge on any atom is -0.365 e. The minimum atomic E-state index is -4.07. The lowest BCUT2D eigenvalue weighted by Crippen LogP contribution is -2.28. The van der Waals surface area contributed by atoms with Crippen LogP contribution in [0.3, 0.4) is 0 Å². The van der Waals surface area contributed by atoms with Crippen molar-refractivity contribution in [1.29, 1.82) is 0 Å². The van der Waals surface area contributed by atoms with Crippen LogP contribution in [0.25, 0.3) is 0 Å². The molecule has 0 saturated heterocycles. The van der Waals surface area contributed by atoms with Crippen molar-refractivity contribution < 1.29 is 13.2 Å². The molecule has 0 fully saturated rings. The van der Waals surface area contributed by atoms with E-state index in [1.165, 1.54) is 11.3 Å². The number of thiazole rings is 1. The van der Waals surface area contributed by atoms with Crippen LogP contribution in [0, 0.1) is 5.92 Å². The molecule has 2 nitrogen and oxygen atoms in total. The highest BCUT2D eigenvalue weighted by molar-refractivity contribution is 7.15. The Hall–Kier alpha value is -0.780. The van der Waals surface area contributed by atoms with Gasteiger partial charge in [-0.15, -0.1) is 11.3 Å². The molecule has 6 heteroatoms. The molecule has 0 aliphatic heterocycles. The number of rotatable bonds is 1. The summed E-state index contributed by atoms with van der Waals surface area (Å²) in [5.74, 6) is -1.19. The Morgan fingerprint density at radius 2 is 2.20 bits per heavy atom. The molecule has 1 aromatic heterocycles. The molecule has 0 saturated carbocycles. The van der Waals surface area contributed by atoms with Gasteiger partial charge in [-0.05, 0) is 19.3 Å². The molecule has 2 rings (SSSR count). The number of alkyl halides is 3. The Morgan fingerprint density at radius 1 is 1.47 bits per heavy atom. The number of aromatic nitrogens is 1. The molecular weight excluding hydrogens is 225 g/mol. The average molecular weight is 236 g/mol. The second-order valence-electron chi connectivity index (χ2n) is 3.62. The average Bonchev–Trinajstić information content (AvgIpc) is 2.57. The van der Waals surface area contributed by atoms with Crippen LogP contribution in [0.2, 0.25) is 0 Å². The lowest BCUT2D eigenvalue weighted by Gasteiger charge is -2.23. The van der Waals surface area contributed by atoms with E-state index in [9.17, 15) is 13.2 Å². The van der Waals surface area contributed by atoms with Crippen molar-refractivity contribution in [2.24, 2.45) is 5.92 Å². The predicted molar refractivity (Wildman–Crippen MR) is 53.2 cm³/mol. The number of hydrogen-bond donors (Lipinski definition) is 1. The monoisotopic (exact) mass is 236 g/mol. The van der Waals surface area contributed by atoms with Gasteiger partial charge >= 0.3 is 6.18 Å². The zero-order valence-corrected chi connectivity index (χ0v) is 9.00. The third kappa shape index (κ3) is 2.09. The van der Waals surface area contributed by atoms with E-state index in [1.807, 2.05) is 0 Å². The number of aryl methyl sites for hydroxylation is 1. The van der Waals surface area contributed by atoms with Gasteiger partial charge in [-0.3, -0.25) is 0 Å². The van der Waals surface area contributed by atoms with E-state index in [0.717, 1.165) is 10.6 Å². The first-order chi connectivity index (χ1) is 7.00. The quantitative estimate of drug-likeness (QED) is 0.811. The standard InChI is InChI=1S/C9H11F3N2S/c1-13-8-14-6-3-2-5(9(10,11)12)4-7(6)15-8/h5H,2-4H2,1H3,(H,13,14). The topological polar surface area (TPSA) is 24.9 Å². The molecule has 84 valence electrons. The highest BCUT2D eigenvalue weighted by atomic mass is 32.1. The van der Waals surface area contributed by atoms with Gasteiger partial charge in [-0.1, -0.05) is 0 Å². The molecular formula is C9H11F3N2S. The maximum atomic E-state index is 12.5. The lowest BCUT2D eigenvalue weighted by molar-refractivity contribution is -0.176. The van der Waals surface area contributed by atoms with Crippen LogP contribution in [0.4, 0.5) is 18.3 Å². The van der Waals surface area contributed by atoms with Gasteiger partial charge in [0.05, 0.1) is 11.6 Å². The first-order valence-corrected chi connectivity index (χ1v) is 5.55. The first kappa shape index (κ1) is 10.7. The van der Waals surface area contributed by atoms with E-state index in [4.69, 9.17) is 0 Å². The van der Waals surface area contributed by atoms with Gasteiger partial charge in [0.2, 0.25) is 0 Å². The number of fused-ring (bicyclic) bond motifs is 1. The van der Waals surface area contributed by atoms with Crippen molar-refractivity contribution in [1.82, 2.24) is 4.98 Å². The molecule has 1 aliphatic rings. The Kier molecular flexibility index (Phi) is 2.62. The van der Waals surface area contributed by atoms with Crippen molar-refractivity contribution in [3.8, 4) is 0 Å². The number of anilines is 1. The molecule has 1 aliphatic carbocycles. The number of nitrogens with one attached hydrogen (secondary N) is 1. The fraction of sp³-hybridized carbons (Fsp3) is 0.667. The summed E-state index contributed by atoms with van der Waals surface area (Å²) in [7, 11) is 1.73. The van der Waals surface area contributed by atoms with Crippen LogP contribution < -0.4 is 5.32 Å². The molecule has 1 heterocycles. The van der Waals surface area contributed by atoms with Gasteiger partial charge in [0.25, 0.3) is 0 Å². The van der Waals surface area contributed by atoms with Crippen molar-refractivity contribution in [2.45, 2.75) is 25.4 Å². The zero-order valence-electron chi connectivity index (χ0n) is 8.19. The highest BCUT2D eigenvalue weighted by Crippen LogP contribution is 2.39. The Balaban J connectivity index is 2.19. The lowest BCUT2D eigenvalue weighted by atomic mass is 9.91. The summed E-state index contributed by atoms with van der Waals surface area (Å²) in [6.45, 7) is 0. The van der Waals surface area contributed by atoms with Crippen LogP contribution in [-0.2, 0) is 12.8 Å². The summed E-state index contributed by atoms with van der Waals surface area (Å²) >= 11 is 1.33. The number of nitrogens with zero attached hydrogens (tertiary/aromatic N) is 1. The molecule has 0 radical (unpaired) electrons. The summed E-state index contributed by atoms with van der Waals surface area (Å²) in [6, 6.07) is 0. The van der Waals surface area contributed by atoms with Gasteiger partial charge in [0, 0.05) is 11.9 Å². The van der Waals surface area contributed by atoms with Gasteiger partial charge in [-0.2, -0.15) is 13.2 Å². The second kappa shape index (κ2) is 3.66. The van der Waals surface area contributed by atoms with Gasteiger partial charge in [0.1, 0.15) is 0 Å². The van der Waals surface area contributed by atoms with E-state index in [2.05, 4.69) is 10.3 Å². The van der Waals surface area contributed by atoms with Crippen molar-refractivity contribution in [2.75, 3.05) is 12.4 Å². The fourth-order valence-corrected chi connectivity index (χ4v) is 2.80. The summed E-state index contributed by atoms with van der Waals surface area (Å²) in [5.41, 5.74) is 0.838. The van der Waals surface area contributed by atoms with Crippen LogP contribution in [-0.4, -0.2) is 18.2 Å². The van der Waals surface area contributed by atoms with Crippen molar-refractivity contribution >= 4 is 16.5 Å².